The summed E-state index contributed by atoms with van der Waals surface area (Å²) in [6, 6.07) is 0. The molecule has 2 nitrogen and oxygen atoms in total. The van der Waals surface area contributed by atoms with E-state index in [1.54, 1.807) is 0 Å². The monoisotopic (exact) mass is 239 g/mol. The molecule has 100 valence electrons. The van der Waals surface area contributed by atoms with Crippen LogP contribution < -0.4 is 5.32 Å². The van der Waals surface area contributed by atoms with Gasteiger partial charge in [0.1, 0.15) is 0 Å². The Balaban J connectivity index is 2.07. The van der Waals surface area contributed by atoms with Gasteiger partial charge in [-0.2, -0.15) is 0 Å². The molecule has 2 heteroatoms. The fraction of sp³-hybridized carbons (Fsp3) is 1.00. The Hall–Kier alpha value is -0.0800. The summed E-state index contributed by atoms with van der Waals surface area (Å²) >= 11 is 0. The minimum absolute atomic E-state index is 0.0527. The molecule has 1 saturated heterocycles. The highest BCUT2D eigenvalue weighted by Gasteiger charge is 2.45. The summed E-state index contributed by atoms with van der Waals surface area (Å²) in [5, 5.41) is 3.62. The molecule has 0 bridgehead atoms. The fourth-order valence-electron chi connectivity index (χ4n) is 3.54. The Morgan fingerprint density at radius 1 is 1.35 bits per heavy atom. The standard InChI is InChI=1S/C15H29NO/c1-5-14(4)10-16-11-15(17-14)8-6-7-13(9-15)12(2)3/h12-13,16H,5-11H2,1-4H3. The molecular weight excluding hydrogens is 210 g/mol. The topological polar surface area (TPSA) is 21.3 Å². The van der Waals surface area contributed by atoms with E-state index in [9.17, 15) is 0 Å². The number of nitrogens with one attached hydrogen (secondary N) is 1. The Morgan fingerprint density at radius 2 is 2.12 bits per heavy atom. The molecule has 1 N–H and O–H groups in total. The van der Waals surface area contributed by atoms with E-state index in [4.69, 9.17) is 4.74 Å². The summed E-state index contributed by atoms with van der Waals surface area (Å²) in [6.45, 7) is 11.3. The maximum atomic E-state index is 6.57. The SMILES string of the molecule is CCC1(C)CNCC2(CCCC(C(C)C)C2)O1. The minimum Gasteiger partial charge on any atom is -0.366 e. The molecule has 2 aliphatic rings. The van der Waals surface area contributed by atoms with Crippen LogP contribution in [0.3, 0.4) is 0 Å². The summed E-state index contributed by atoms with van der Waals surface area (Å²) in [6.07, 6.45) is 6.34. The van der Waals surface area contributed by atoms with Gasteiger partial charge in [0.15, 0.2) is 0 Å². The summed E-state index contributed by atoms with van der Waals surface area (Å²) in [4.78, 5) is 0. The molecule has 3 unspecified atom stereocenters. The van der Waals surface area contributed by atoms with Gasteiger partial charge >= 0.3 is 0 Å². The predicted molar refractivity (Wildman–Crippen MR) is 72.2 cm³/mol. The van der Waals surface area contributed by atoms with Gasteiger partial charge in [-0.1, -0.05) is 27.2 Å². The highest BCUT2D eigenvalue weighted by molar-refractivity contribution is 4.97. The molecule has 17 heavy (non-hydrogen) atoms. The second kappa shape index (κ2) is 4.89. The molecule has 1 aliphatic carbocycles. The second-order valence-corrected chi connectivity index (χ2v) is 6.79. The normalized spacial score (nSPS) is 43.2. The zero-order valence-electron chi connectivity index (χ0n) is 12.0. The van der Waals surface area contributed by atoms with Crippen molar-refractivity contribution in [3.8, 4) is 0 Å². The van der Waals surface area contributed by atoms with E-state index in [1.165, 1.54) is 25.7 Å². The van der Waals surface area contributed by atoms with Crippen LogP contribution in [0.25, 0.3) is 0 Å². The first-order valence-electron chi connectivity index (χ1n) is 7.39. The summed E-state index contributed by atoms with van der Waals surface area (Å²) < 4.78 is 6.57. The average Bonchev–Trinajstić information content (AvgIpc) is 2.29. The fourth-order valence-corrected chi connectivity index (χ4v) is 3.54. The van der Waals surface area contributed by atoms with Crippen LogP contribution in [-0.4, -0.2) is 24.3 Å². The first kappa shape index (κ1) is 13.4. The van der Waals surface area contributed by atoms with E-state index in [-0.39, 0.29) is 11.2 Å². The van der Waals surface area contributed by atoms with Gasteiger partial charge < -0.3 is 10.1 Å². The molecule has 2 fully saturated rings. The lowest BCUT2D eigenvalue weighted by molar-refractivity contribution is -0.193. The maximum Gasteiger partial charge on any atom is 0.0817 e. The first-order valence-corrected chi connectivity index (χ1v) is 7.39. The Morgan fingerprint density at radius 3 is 2.76 bits per heavy atom. The summed E-state index contributed by atoms with van der Waals surface area (Å²) in [5.41, 5.74) is 0.188. The second-order valence-electron chi connectivity index (χ2n) is 6.79. The minimum atomic E-state index is 0.0527. The van der Waals surface area contributed by atoms with Crippen molar-refractivity contribution in [1.29, 1.82) is 0 Å². The quantitative estimate of drug-likeness (QED) is 0.798. The average molecular weight is 239 g/mol. The van der Waals surface area contributed by atoms with Gasteiger partial charge in [-0.25, -0.2) is 0 Å². The highest BCUT2D eigenvalue weighted by Crippen LogP contribution is 2.42. The Kier molecular flexibility index (Phi) is 3.84. The third-order valence-electron chi connectivity index (χ3n) is 4.94. The highest BCUT2D eigenvalue weighted by atomic mass is 16.5. The van der Waals surface area contributed by atoms with Crippen molar-refractivity contribution in [3.63, 3.8) is 0 Å². The van der Waals surface area contributed by atoms with Crippen molar-refractivity contribution in [3.05, 3.63) is 0 Å². The molecule has 0 aromatic carbocycles. The number of morpholine rings is 1. The molecule has 0 aromatic rings. The maximum absolute atomic E-state index is 6.57. The van der Waals surface area contributed by atoms with Crippen molar-refractivity contribution >= 4 is 0 Å². The number of hydrogen-bond acceptors (Lipinski definition) is 2. The molecule has 0 amide bonds. The van der Waals surface area contributed by atoms with Gasteiger partial charge in [-0.15, -0.1) is 0 Å². The van der Waals surface area contributed by atoms with E-state index in [0.29, 0.717) is 0 Å². The lowest BCUT2D eigenvalue weighted by Crippen LogP contribution is -2.60. The van der Waals surface area contributed by atoms with Crippen LogP contribution in [0.15, 0.2) is 0 Å². The van der Waals surface area contributed by atoms with E-state index >= 15 is 0 Å². The van der Waals surface area contributed by atoms with Crippen molar-refractivity contribution in [1.82, 2.24) is 5.32 Å². The molecule has 0 aromatic heterocycles. The van der Waals surface area contributed by atoms with Gasteiger partial charge in [0, 0.05) is 13.1 Å². The van der Waals surface area contributed by atoms with Crippen molar-refractivity contribution in [2.45, 2.75) is 71.0 Å². The first-order chi connectivity index (χ1) is 7.99. The van der Waals surface area contributed by atoms with Gasteiger partial charge in [0.05, 0.1) is 11.2 Å². The molecular formula is C15H29NO. The van der Waals surface area contributed by atoms with Gasteiger partial charge in [-0.05, 0) is 44.4 Å². The van der Waals surface area contributed by atoms with Crippen LogP contribution in [0, 0.1) is 11.8 Å². The number of rotatable bonds is 2. The molecule has 1 aliphatic heterocycles. The molecule has 1 spiro atoms. The molecule has 3 atom stereocenters. The smallest absolute Gasteiger partial charge is 0.0817 e. The van der Waals surface area contributed by atoms with E-state index < -0.39 is 0 Å². The third-order valence-corrected chi connectivity index (χ3v) is 4.94. The Labute approximate surface area is 107 Å². The lowest BCUT2D eigenvalue weighted by Gasteiger charge is -2.51. The van der Waals surface area contributed by atoms with E-state index in [2.05, 4.69) is 33.0 Å². The van der Waals surface area contributed by atoms with Crippen molar-refractivity contribution in [2.24, 2.45) is 11.8 Å². The van der Waals surface area contributed by atoms with Gasteiger partial charge in [0.2, 0.25) is 0 Å². The van der Waals surface area contributed by atoms with Gasteiger partial charge in [-0.3, -0.25) is 0 Å². The summed E-state index contributed by atoms with van der Waals surface area (Å²) in [7, 11) is 0. The molecule has 2 rings (SSSR count). The third kappa shape index (κ3) is 2.85. The largest absolute Gasteiger partial charge is 0.366 e. The number of ether oxygens (including phenoxy) is 1. The predicted octanol–water partition coefficient (Wildman–Crippen LogP) is 3.36. The van der Waals surface area contributed by atoms with E-state index in [1.807, 2.05) is 0 Å². The molecule has 1 heterocycles. The summed E-state index contributed by atoms with van der Waals surface area (Å²) in [5.74, 6) is 1.65. The van der Waals surface area contributed by atoms with Crippen LogP contribution in [-0.2, 0) is 4.74 Å². The molecule has 1 saturated carbocycles. The van der Waals surface area contributed by atoms with Crippen LogP contribution >= 0.6 is 0 Å². The van der Waals surface area contributed by atoms with Gasteiger partial charge in [0.25, 0.3) is 0 Å². The van der Waals surface area contributed by atoms with Crippen LogP contribution in [0.1, 0.15) is 59.8 Å². The zero-order valence-corrected chi connectivity index (χ0v) is 12.0. The van der Waals surface area contributed by atoms with Crippen molar-refractivity contribution < 1.29 is 4.74 Å². The Bertz CT molecular complexity index is 262. The van der Waals surface area contributed by atoms with Crippen molar-refractivity contribution in [2.75, 3.05) is 13.1 Å². The zero-order chi connectivity index (χ0) is 12.5. The molecule has 0 radical (unpaired) electrons. The van der Waals surface area contributed by atoms with Crippen LogP contribution in [0.5, 0.6) is 0 Å². The lowest BCUT2D eigenvalue weighted by atomic mass is 9.72. The van der Waals surface area contributed by atoms with Crippen LogP contribution in [0.4, 0.5) is 0 Å². The number of hydrogen-bond donors (Lipinski definition) is 1. The van der Waals surface area contributed by atoms with E-state index in [0.717, 1.165) is 31.3 Å². The van der Waals surface area contributed by atoms with Crippen LogP contribution in [0.2, 0.25) is 0 Å².